The van der Waals surface area contributed by atoms with E-state index in [-0.39, 0.29) is 5.54 Å². The molecule has 0 bridgehead atoms. The van der Waals surface area contributed by atoms with Gasteiger partial charge in [-0.25, -0.2) is 0 Å². The molecule has 0 heterocycles. The van der Waals surface area contributed by atoms with Gasteiger partial charge in [-0.15, -0.1) is 11.8 Å². The van der Waals surface area contributed by atoms with E-state index in [9.17, 15) is 0 Å². The second-order valence-electron chi connectivity index (χ2n) is 6.07. The topological polar surface area (TPSA) is 12.0 Å². The molecule has 0 amide bonds. The van der Waals surface area contributed by atoms with Crippen LogP contribution in [0.2, 0.25) is 5.02 Å². The lowest BCUT2D eigenvalue weighted by molar-refractivity contribution is 0.424. The smallest absolute Gasteiger partial charge is 0.0545 e. The van der Waals surface area contributed by atoms with Gasteiger partial charge in [0.05, 0.1) is 5.02 Å². The summed E-state index contributed by atoms with van der Waals surface area (Å²) < 4.78 is 0. The molecule has 1 nitrogen and oxygen atoms in total. The Morgan fingerprint density at radius 2 is 1.94 bits per heavy atom. The molecule has 3 heteroatoms. The number of nitrogens with one attached hydrogen (secondary N) is 1. The average molecular weight is 286 g/mol. The molecule has 1 N–H and O–H groups in total. The number of thioether (sulfide) groups is 1. The Hall–Kier alpha value is -0.180. The van der Waals surface area contributed by atoms with E-state index in [1.54, 1.807) is 0 Å². The fourth-order valence-electron chi connectivity index (χ4n) is 1.40. The van der Waals surface area contributed by atoms with Gasteiger partial charge in [0.15, 0.2) is 0 Å². The summed E-state index contributed by atoms with van der Waals surface area (Å²) in [5, 5.41) is 4.34. The van der Waals surface area contributed by atoms with Gasteiger partial charge in [0.1, 0.15) is 0 Å². The van der Waals surface area contributed by atoms with E-state index in [0.29, 0.717) is 5.92 Å². The standard InChI is InChI=1S/C15H24ClNS/c1-11(2)10-18-14-7-6-12(8-13(14)16)9-17-15(3,4)5/h6-8,11,17H,9-10H2,1-5H3. The fraction of sp³-hybridized carbons (Fsp3) is 0.600. The Bertz CT molecular complexity index is 383. The summed E-state index contributed by atoms with van der Waals surface area (Å²) in [6, 6.07) is 6.37. The number of hydrogen-bond acceptors (Lipinski definition) is 2. The summed E-state index contributed by atoms with van der Waals surface area (Å²) in [5.41, 5.74) is 1.38. The molecule has 0 aliphatic heterocycles. The van der Waals surface area contributed by atoms with E-state index in [1.165, 1.54) is 10.5 Å². The third-order valence-corrected chi connectivity index (χ3v) is 4.32. The van der Waals surface area contributed by atoms with Crippen LogP contribution in [0.3, 0.4) is 0 Å². The van der Waals surface area contributed by atoms with Crippen LogP contribution in [0.5, 0.6) is 0 Å². The van der Waals surface area contributed by atoms with Crippen molar-refractivity contribution in [2.45, 2.75) is 51.6 Å². The van der Waals surface area contributed by atoms with Crippen LogP contribution >= 0.6 is 23.4 Å². The average Bonchev–Trinajstić information content (AvgIpc) is 2.24. The van der Waals surface area contributed by atoms with Gasteiger partial charge in [-0.05, 0) is 44.4 Å². The molecule has 0 atom stereocenters. The van der Waals surface area contributed by atoms with E-state index in [4.69, 9.17) is 11.6 Å². The van der Waals surface area contributed by atoms with Crippen LogP contribution in [0.1, 0.15) is 40.2 Å². The van der Waals surface area contributed by atoms with Crippen LogP contribution in [0, 0.1) is 5.92 Å². The first-order valence-electron chi connectivity index (χ1n) is 6.44. The van der Waals surface area contributed by atoms with Gasteiger partial charge in [0.2, 0.25) is 0 Å². The number of hydrogen-bond donors (Lipinski definition) is 1. The molecule has 0 aliphatic carbocycles. The van der Waals surface area contributed by atoms with Crippen molar-refractivity contribution in [3.05, 3.63) is 28.8 Å². The third kappa shape index (κ3) is 6.12. The van der Waals surface area contributed by atoms with Crippen molar-refractivity contribution >= 4 is 23.4 Å². The molecule has 0 fully saturated rings. The zero-order valence-electron chi connectivity index (χ0n) is 12.0. The predicted molar refractivity (Wildman–Crippen MR) is 83.6 cm³/mol. The molecule has 0 aromatic heterocycles. The second kappa shape index (κ2) is 6.83. The van der Waals surface area contributed by atoms with Crippen molar-refractivity contribution in [1.29, 1.82) is 0 Å². The Balaban J connectivity index is 2.62. The van der Waals surface area contributed by atoms with E-state index < -0.39 is 0 Å². The maximum absolute atomic E-state index is 6.31. The maximum Gasteiger partial charge on any atom is 0.0545 e. The Kier molecular flexibility index (Phi) is 6.03. The Morgan fingerprint density at radius 3 is 2.44 bits per heavy atom. The van der Waals surface area contributed by atoms with E-state index in [1.807, 2.05) is 11.8 Å². The van der Waals surface area contributed by atoms with Crippen LogP contribution in [-0.4, -0.2) is 11.3 Å². The summed E-state index contributed by atoms with van der Waals surface area (Å²) in [6.45, 7) is 11.8. The number of halogens is 1. The number of rotatable bonds is 5. The highest BCUT2D eigenvalue weighted by molar-refractivity contribution is 7.99. The van der Waals surface area contributed by atoms with Crippen LogP contribution in [0.4, 0.5) is 0 Å². The predicted octanol–water partition coefficient (Wildman–Crippen LogP) is 4.98. The zero-order chi connectivity index (χ0) is 13.8. The minimum atomic E-state index is 0.136. The highest BCUT2D eigenvalue weighted by Crippen LogP contribution is 2.29. The number of benzene rings is 1. The molecule has 0 aliphatic rings. The minimum Gasteiger partial charge on any atom is -0.308 e. The highest BCUT2D eigenvalue weighted by Gasteiger charge is 2.09. The molecule has 1 aromatic carbocycles. The first-order chi connectivity index (χ1) is 8.28. The van der Waals surface area contributed by atoms with Gasteiger partial charge in [0.25, 0.3) is 0 Å². The van der Waals surface area contributed by atoms with Gasteiger partial charge in [-0.3, -0.25) is 0 Å². The molecule has 0 radical (unpaired) electrons. The van der Waals surface area contributed by atoms with Crippen LogP contribution in [0.25, 0.3) is 0 Å². The van der Waals surface area contributed by atoms with Crippen molar-refractivity contribution in [1.82, 2.24) is 5.32 Å². The van der Waals surface area contributed by atoms with Gasteiger partial charge in [-0.2, -0.15) is 0 Å². The summed E-state index contributed by atoms with van der Waals surface area (Å²) in [4.78, 5) is 1.19. The molecule has 0 saturated heterocycles. The van der Waals surface area contributed by atoms with E-state index in [0.717, 1.165) is 17.3 Å². The van der Waals surface area contributed by atoms with E-state index >= 15 is 0 Å². The second-order valence-corrected chi connectivity index (χ2v) is 7.54. The molecule has 1 aromatic rings. The molecule has 18 heavy (non-hydrogen) atoms. The normalized spacial score (nSPS) is 12.2. The summed E-state index contributed by atoms with van der Waals surface area (Å²) >= 11 is 8.15. The van der Waals surface area contributed by atoms with Crippen molar-refractivity contribution in [3.63, 3.8) is 0 Å². The summed E-state index contributed by atoms with van der Waals surface area (Å²) in [7, 11) is 0. The fourth-order valence-corrected chi connectivity index (χ4v) is 2.64. The summed E-state index contributed by atoms with van der Waals surface area (Å²) in [5.74, 6) is 1.80. The van der Waals surface area contributed by atoms with Crippen LogP contribution < -0.4 is 5.32 Å². The Morgan fingerprint density at radius 1 is 1.28 bits per heavy atom. The zero-order valence-corrected chi connectivity index (χ0v) is 13.6. The van der Waals surface area contributed by atoms with Crippen molar-refractivity contribution in [2.24, 2.45) is 5.92 Å². The molecule has 102 valence electrons. The molecule has 0 spiro atoms. The molecule has 1 rings (SSSR count). The first kappa shape index (κ1) is 15.9. The molecule has 0 unspecified atom stereocenters. The third-order valence-electron chi connectivity index (χ3n) is 2.39. The van der Waals surface area contributed by atoms with Crippen LogP contribution in [-0.2, 0) is 6.54 Å². The van der Waals surface area contributed by atoms with Crippen molar-refractivity contribution in [3.8, 4) is 0 Å². The first-order valence-corrected chi connectivity index (χ1v) is 7.80. The van der Waals surface area contributed by atoms with Crippen LogP contribution in [0.15, 0.2) is 23.1 Å². The lowest BCUT2D eigenvalue weighted by Gasteiger charge is -2.20. The summed E-state index contributed by atoms with van der Waals surface area (Å²) in [6.07, 6.45) is 0. The molecular formula is C15H24ClNS. The monoisotopic (exact) mass is 285 g/mol. The quantitative estimate of drug-likeness (QED) is 0.766. The Labute approximate surface area is 121 Å². The largest absolute Gasteiger partial charge is 0.308 e. The van der Waals surface area contributed by atoms with Crippen molar-refractivity contribution < 1.29 is 0 Å². The van der Waals surface area contributed by atoms with Gasteiger partial charge < -0.3 is 5.32 Å². The maximum atomic E-state index is 6.31. The van der Waals surface area contributed by atoms with Gasteiger partial charge in [-0.1, -0.05) is 31.5 Å². The molecule has 0 saturated carbocycles. The lowest BCUT2D eigenvalue weighted by Crippen LogP contribution is -2.35. The van der Waals surface area contributed by atoms with E-state index in [2.05, 4.69) is 58.1 Å². The highest BCUT2D eigenvalue weighted by atomic mass is 35.5. The SMILES string of the molecule is CC(C)CSc1ccc(CNC(C)(C)C)cc1Cl. The van der Waals surface area contributed by atoms with Gasteiger partial charge >= 0.3 is 0 Å². The van der Waals surface area contributed by atoms with Gasteiger partial charge in [0, 0.05) is 22.7 Å². The minimum absolute atomic E-state index is 0.136. The molecular weight excluding hydrogens is 262 g/mol. The van der Waals surface area contributed by atoms with Crippen molar-refractivity contribution in [2.75, 3.05) is 5.75 Å². The lowest BCUT2D eigenvalue weighted by atomic mass is 10.1.